The van der Waals surface area contributed by atoms with Crippen LogP contribution in [0.2, 0.25) is 0 Å². The van der Waals surface area contributed by atoms with Gasteiger partial charge < -0.3 is 14.5 Å². The summed E-state index contributed by atoms with van der Waals surface area (Å²) in [4.78, 5) is 5.16. The van der Waals surface area contributed by atoms with Crippen LogP contribution in [0.15, 0.2) is 0 Å². The zero-order valence-electron chi connectivity index (χ0n) is 12.7. The van der Waals surface area contributed by atoms with Gasteiger partial charge in [0.2, 0.25) is 0 Å². The lowest BCUT2D eigenvalue weighted by atomic mass is 10.1. The lowest BCUT2D eigenvalue weighted by Gasteiger charge is -2.34. The molecule has 0 spiro atoms. The molecule has 1 aliphatic rings. The molecule has 0 saturated carbocycles. The first-order valence-corrected chi connectivity index (χ1v) is 7.77. The summed E-state index contributed by atoms with van der Waals surface area (Å²) in [5.41, 5.74) is 0. The molecule has 3 nitrogen and oxygen atoms in total. The van der Waals surface area contributed by atoms with Crippen molar-refractivity contribution in [2.24, 2.45) is 0 Å². The van der Waals surface area contributed by atoms with Gasteiger partial charge in [-0.05, 0) is 38.8 Å². The first-order valence-electron chi connectivity index (χ1n) is 7.77. The van der Waals surface area contributed by atoms with Crippen LogP contribution >= 0.6 is 0 Å². The van der Waals surface area contributed by atoms with E-state index in [9.17, 15) is 0 Å². The van der Waals surface area contributed by atoms with E-state index in [-0.39, 0.29) is 0 Å². The average Bonchev–Trinajstić information content (AvgIpc) is 2.43. The van der Waals surface area contributed by atoms with E-state index in [1.54, 1.807) is 0 Å². The fraction of sp³-hybridized carbons (Fsp3) is 1.00. The van der Waals surface area contributed by atoms with Gasteiger partial charge in [-0.3, -0.25) is 0 Å². The number of hydrogen-bond acceptors (Lipinski definition) is 3. The van der Waals surface area contributed by atoms with Crippen molar-refractivity contribution in [1.29, 1.82) is 0 Å². The first kappa shape index (κ1) is 15.9. The van der Waals surface area contributed by atoms with Crippen LogP contribution in [-0.4, -0.2) is 62.3 Å². The van der Waals surface area contributed by atoms with Crippen molar-refractivity contribution >= 4 is 0 Å². The summed E-state index contributed by atoms with van der Waals surface area (Å²) in [6.07, 6.45) is 6.82. The molecule has 3 heteroatoms. The second kappa shape index (κ2) is 9.76. The van der Waals surface area contributed by atoms with E-state index in [0.717, 1.165) is 0 Å². The third-order valence-electron chi connectivity index (χ3n) is 4.11. The van der Waals surface area contributed by atoms with Crippen LogP contribution in [0.4, 0.5) is 0 Å². The summed E-state index contributed by atoms with van der Waals surface area (Å²) >= 11 is 0. The smallest absolute Gasteiger partial charge is 0.0571 e. The van der Waals surface area contributed by atoms with Crippen LogP contribution in [0.25, 0.3) is 0 Å². The van der Waals surface area contributed by atoms with Gasteiger partial charge in [-0.25, -0.2) is 0 Å². The Bertz CT molecular complexity index is 191. The molecule has 0 bridgehead atoms. The summed E-state index contributed by atoms with van der Waals surface area (Å²) < 4.78 is 5.49. The molecular weight excluding hydrogens is 224 g/mol. The second-order valence-electron chi connectivity index (χ2n) is 5.42. The summed E-state index contributed by atoms with van der Waals surface area (Å²) in [6, 6.07) is 0. The Labute approximate surface area is 113 Å². The minimum Gasteiger partial charge on any atom is -0.381 e. The number of likely N-dealkylation sites (N-methyl/N-ethyl adjacent to an activating group) is 1. The fourth-order valence-electron chi connectivity index (χ4n) is 2.74. The number of hydrogen-bond donors (Lipinski definition) is 0. The Balaban J connectivity index is 2.01. The zero-order valence-corrected chi connectivity index (χ0v) is 12.7. The second-order valence-corrected chi connectivity index (χ2v) is 5.42. The molecular formula is C15H32N2O. The van der Waals surface area contributed by atoms with Gasteiger partial charge in [-0.2, -0.15) is 0 Å². The lowest BCUT2D eigenvalue weighted by Crippen LogP contribution is -2.46. The van der Waals surface area contributed by atoms with E-state index >= 15 is 0 Å². The topological polar surface area (TPSA) is 15.7 Å². The standard InChI is InChI=1S/C15H32N2O/c1-4-8-15(18-3)9-6-7-10-17-13-11-16(5-2)12-14-17/h15H,4-14H2,1-3H3. The van der Waals surface area contributed by atoms with Gasteiger partial charge in [0.15, 0.2) is 0 Å². The van der Waals surface area contributed by atoms with Gasteiger partial charge in [-0.15, -0.1) is 0 Å². The Hall–Kier alpha value is -0.120. The summed E-state index contributed by atoms with van der Waals surface area (Å²) in [5.74, 6) is 0. The van der Waals surface area contributed by atoms with Crippen molar-refractivity contribution in [3.8, 4) is 0 Å². The Morgan fingerprint density at radius 3 is 2.17 bits per heavy atom. The molecule has 1 unspecified atom stereocenters. The highest BCUT2D eigenvalue weighted by molar-refractivity contribution is 4.71. The van der Waals surface area contributed by atoms with Crippen LogP contribution in [0, 0.1) is 0 Å². The largest absolute Gasteiger partial charge is 0.381 e. The van der Waals surface area contributed by atoms with Crippen molar-refractivity contribution < 1.29 is 4.74 Å². The lowest BCUT2D eigenvalue weighted by molar-refractivity contribution is 0.0827. The van der Waals surface area contributed by atoms with Crippen LogP contribution < -0.4 is 0 Å². The van der Waals surface area contributed by atoms with Gasteiger partial charge in [0, 0.05) is 33.3 Å². The maximum atomic E-state index is 5.49. The van der Waals surface area contributed by atoms with Crippen LogP contribution in [0.5, 0.6) is 0 Å². The highest BCUT2D eigenvalue weighted by Crippen LogP contribution is 2.11. The molecule has 1 saturated heterocycles. The quantitative estimate of drug-likeness (QED) is 0.590. The molecule has 0 aromatic rings. The molecule has 108 valence electrons. The number of methoxy groups -OCH3 is 1. The normalized spacial score (nSPS) is 20.2. The van der Waals surface area contributed by atoms with Crippen molar-refractivity contribution in [1.82, 2.24) is 9.80 Å². The van der Waals surface area contributed by atoms with E-state index in [4.69, 9.17) is 4.74 Å². The van der Waals surface area contributed by atoms with E-state index < -0.39 is 0 Å². The molecule has 1 atom stereocenters. The average molecular weight is 256 g/mol. The number of ether oxygens (including phenoxy) is 1. The zero-order chi connectivity index (χ0) is 13.2. The molecule has 0 radical (unpaired) electrons. The van der Waals surface area contributed by atoms with Crippen LogP contribution in [0.3, 0.4) is 0 Å². The van der Waals surface area contributed by atoms with Crippen molar-refractivity contribution in [3.05, 3.63) is 0 Å². The van der Waals surface area contributed by atoms with Crippen molar-refractivity contribution in [2.45, 2.75) is 52.1 Å². The van der Waals surface area contributed by atoms with Gasteiger partial charge in [0.05, 0.1) is 6.10 Å². The van der Waals surface area contributed by atoms with E-state index in [0.29, 0.717) is 6.10 Å². The third kappa shape index (κ3) is 6.17. The predicted octanol–water partition coefficient (Wildman–Crippen LogP) is 2.61. The minimum absolute atomic E-state index is 0.493. The Morgan fingerprint density at radius 1 is 0.944 bits per heavy atom. The van der Waals surface area contributed by atoms with Gasteiger partial charge in [0.1, 0.15) is 0 Å². The number of nitrogens with zero attached hydrogens (tertiary/aromatic N) is 2. The molecule has 0 aromatic carbocycles. The van der Waals surface area contributed by atoms with E-state index in [2.05, 4.69) is 23.6 Å². The molecule has 1 aliphatic heterocycles. The fourth-order valence-corrected chi connectivity index (χ4v) is 2.74. The van der Waals surface area contributed by atoms with Crippen LogP contribution in [0.1, 0.15) is 46.0 Å². The molecule has 0 N–H and O–H groups in total. The number of piperazine rings is 1. The maximum absolute atomic E-state index is 5.49. The van der Waals surface area contributed by atoms with Gasteiger partial charge in [0.25, 0.3) is 0 Å². The molecule has 1 rings (SSSR count). The summed E-state index contributed by atoms with van der Waals surface area (Å²) in [6.45, 7) is 12.0. The Kier molecular flexibility index (Phi) is 8.64. The molecule has 0 aromatic heterocycles. The molecule has 18 heavy (non-hydrogen) atoms. The minimum atomic E-state index is 0.493. The number of rotatable bonds is 9. The summed E-state index contributed by atoms with van der Waals surface area (Å²) in [5, 5.41) is 0. The predicted molar refractivity (Wildman–Crippen MR) is 78.1 cm³/mol. The number of unbranched alkanes of at least 4 members (excludes halogenated alkanes) is 1. The van der Waals surface area contributed by atoms with Crippen molar-refractivity contribution in [3.63, 3.8) is 0 Å². The Morgan fingerprint density at radius 2 is 1.61 bits per heavy atom. The SMILES string of the molecule is CCCC(CCCCN1CCN(CC)CC1)OC. The first-order chi connectivity index (χ1) is 8.80. The monoisotopic (exact) mass is 256 g/mol. The van der Waals surface area contributed by atoms with Gasteiger partial charge in [-0.1, -0.05) is 20.3 Å². The molecule has 1 fully saturated rings. The summed E-state index contributed by atoms with van der Waals surface area (Å²) in [7, 11) is 1.85. The maximum Gasteiger partial charge on any atom is 0.0571 e. The highest BCUT2D eigenvalue weighted by atomic mass is 16.5. The van der Waals surface area contributed by atoms with Crippen molar-refractivity contribution in [2.75, 3.05) is 46.4 Å². The molecule has 1 heterocycles. The molecule has 0 aliphatic carbocycles. The van der Waals surface area contributed by atoms with E-state index in [1.807, 2.05) is 7.11 Å². The van der Waals surface area contributed by atoms with Gasteiger partial charge >= 0.3 is 0 Å². The third-order valence-corrected chi connectivity index (χ3v) is 4.11. The van der Waals surface area contributed by atoms with E-state index in [1.165, 1.54) is 71.4 Å². The highest BCUT2D eigenvalue weighted by Gasteiger charge is 2.14. The molecule has 0 amide bonds. The van der Waals surface area contributed by atoms with Crippen LogP contribution in [-0.2, 0) is 4.74 Å².